The van der Waals surface area contributed by atoms with Crippen molar-refractivity contribution in [3.63, 3.8) is 0 Å². The van der Waals surface area contributed by atoms with E-state index in [0.717, 1.165) is 4.90 Å². The summed E-state index contributed by atoms with van der Waals surface area (Å²) < 4.78 is 5.16. The highest BCUT2D eigenvalue weighted by Gasteiger charge is 2.37. The minimum atomic E-state index is -0.849. The number of nitrogens with one attached hydrogen (secondary N) is 1. The molecule has 0 saturated carbocycles. The number of urea groups is 1. The van der Waals surface area contributed by atoms with Gasteiger partial charge in [0.05, 0.1) is 5.69 Å². The molecule has 1 aliphatic heterocycles. The molecule has 0 aliphatic carbocycles. The number of ether oxygens (including phenoxy) is 1. The zero-order chi connectivity index (χ0) is 21.1. The number of nitrogens with zero attached hydrogens (tertiary/aromatic N) is 1. The monoisotopic (exact) mass is 413 g/mol. The summed E-state index contributed by atoms with van der Waals surface area (Å²) in [5, 5.41) is 2.51. The van der Waals surface area contributed by atoms with Crippen LogP contribution in [0, 0.1) is 6.92 Å². The summed E-state index contributed by atoms with van der Waals surface area (Å²) >= 11 is 5.99. The lowest BCUT2D eigenvalue weighted by atomic mass is 10.1. The number of imide groups is 2. The van der Waals surface area contributed by atoms with Gasteiger partial charge in [-0.3, -0.25) is 19.7 Å². The van der Waals surface area contributed by atoms with Gasteiger partial charge in [-0.05, 0) is 48.4 Å². The van der Waals surface area contributed by atoms with Gasteiger partial charge >= 0.3 is 6.03 Å². The standard InChI is InChI=1S/C20H16ClN3O5/c1-11-2-5-13(21)9-16(11)24-19(27)15(18(26)23-20(24)28)8-12-3-6-14(7-4-12)29-10-17(22)25/h2-9H,10H2,1H3,(H2,22,25)(H,23,26,28)/b15-8+. The Kier molecular flexibility index (Phi) is 5.65. The highest BCUT2D eigenvalue weighted by atomic mass is 35.5. The molecule has 29 heavy (non-hydrogen) atoms. The first-order valence-corrected chi connectivity index (χ1v) is 8.83. The van der Waals surface area contributed by atoms with E-state index >= 15 is 0 Å². The van der Waals surface area contributed by atoms with Crippen LogP contribution in [0.1, 0.15) is 11.1 Å². The Morgan fingerprint density at radius 3 is 2.52 bits per heavy atom. The van der Waals surface area contributed by atoms with Crippen molar-refractivity contribution in [2.45, 2.75) is 6.92 Å². The van der Waals surface area contributed by atoms with Crippen LogP contribution in [-0.4, -0.2) is 30.4 Å². The molecule has 1 saturated heterocycles. The zero-order valence-electron chi connectivity index (χ0n) is 15.3. The van der Waals surface area contributed by atoms with E-state index in [1.807, 2.05) is 0 Å². The lowest BCUT2D eigenvalue weighted by Crippen LogP contribution is -2.54. The zero-order valence-corrected chi connectivity index (χ0v) is 16.0. The number of carbonyl (C=O) groups is 4. The minimum absolute atomic E-state index is 0.213. The summed E-state index contributed by atoms with van der Waals surface area (Å²) in [5.41, 5.74) is 6.25. The van der Waals surface area contributed by atoms with E-state index in [2.05, 4.69) is 5.32 Å². The second-order valence-corrected chi connectivity index (χ2v) is 6.65. The summed E-state index contributed by atoms with van der Waals surface area (Å²) in [6.07, 6.45) is 1.36. The number of benzene rings is 2. The molecule has 0 bridgehead atoms. The Balaban J connectivity index is 1.91. The Morgan fingerprint density at radius 2 is 1.86 bits per heavy atom. The molecule has 1 aliphatic rings. The van der Waals surface area contributed by atoms with Crippen LogP contribution in [0.2, 0.25) is 5.02 Å². The van der Waals surface area contributed by atoms with Gasteiger partial charge in [0, 0.05) is 5.02 Å². The highest BCUT2D eigenvalue weighted by Crippen LogP contribution is 2.28. The average molecular weight is 414 g/mol. The SMILES string of the molecule is Cc1ccc(Cl)cc1N1C(=O)NC(=O)/C(=C\c2ccc(OCC(N)=O)cc2)C1=O. The number of aryl methyl sites for hydroxylation is 1. The van der Waals surface area contributed by atoms with Crippen LogP contribution in [-0.2, 0) is 14.4 Å². The number of nitrogens with two attached hydrogens (primary N) is 1. The van der Waals surface area contributed by atoms with Gasteiger partial charge in [-0.15, -0.1) is 0 Å². The topological polar surface area (TPSA) is 119 Å². The first-order valence-electron chi connectivity index (χ1n) is 8.45. The van der Waals surface area contributed by atoms with Crippen LogP contribution < -0.4 is 20.7 Å². The van der Waals surface area contributed by atoms with E-state index in [1.54, 1.807) is 43.3 Å². The Morgan fingerprint density at radius 1 is 1.17 bits per heavy atom. The van der Waals surface area contributed by atoms with Gasteiger partial charge in [-0.2, -0.15) is 0 Å². The maximum absolute atomic E-state index is 12.9. The van der Waals surface area contributed by atoms with Gasteiger partial charge in [0.15, 0.2) is 6.61 Å². The van der Waals surface area contributed by atoms with Crippen molar-refractivity contribution in [1.29, 1.82) is 0 Å². The van der Waals surface area contributed by atoms with Gasteiger partial charge in [-0.25, -0.2) is 9.69 Å². The van der Waals surface area contributed by atoms with Gasteiger partial charge < -0.3 is 10.5 Å². The first-order chi connectivity index (χ1) is 13.8. The Labute approximate surface area is 170 Å². The van der Waals surface area contributed by atoms with Crippen LogP contribution >= 0.6 is 11.6 Å². The summed E-state index contributed by atoms with van der Waals surface area (Å²) in [5.74, 6) is -1.78. The van der Waals surface area contributed by atoms with Crippen LogP contribution in [0.25, 0.3) is 6.08 Å². The lowest BCUT2D eigenvalue weighted by Gasteiger charge is -2.27. The van der Waals surface area contributed by atoms with Gasteiger partial charge in [-0.1, -0.05) is 29.8 Å². The van der Waals surface area contributed by atoms with Crippen LogP contribution in [0.15, 0.2) is 48.0 Å². The number of amides is 5. The average Bonchev–Trinajstić information content (AvgIpc) is 2.67. The lowest BCUT2D eigenvalue weighted by molar-refractivity contribution is -0.123. The molecule has 0 spiro atoms. The molecule has 9 heteroatoms. The summed E-state index contributed by atoms with van der Waals surface area (Å²) in [4.78, 5) is 49.1. The molecule has 148 valence electrons. The molecule has 1 heterocycles. The number of barbiturate groups is 1. The van der Waals surface area contributed by atoms with Gasteiger partial charge in [0.25, 0.3) is 17.7 Å². The van der Waals surface area contributed by atoms with Gasteiger partial charge in [0.1, 0.15) is 11.3 Å². The third-order valence-electron chi connectivity index (χ3n) is 4.09. The maximum Gasteiger partial charge on any atom is 0.335 e. The van der Waals surface area contributed by atoms with Crippen molar-refractivity contribution in [3.05, 3.63) is 64.2 Å². The summed E-state index contributed by atoms with van der Waals surface area (Å²) in [6.45, 7) is 1.45. The van der Waals surface area contributed by atoms with E-state index in [9.17, 15) is 19.2 Å². The van der Waals surface area contributed by atoms with E-state index < -0.39 is 23.8 Å². The fraction of sp³-hybridized carbons (Fsp3) is 0.100. The largest absolute Gasteiger partial charge is 0.484 e. The molecule has 8 nitrogen and oxygen atoms in total. The number of primary amides is 1. The minimum Gasteiger partial charge on any atom is -0.484 e. The number of anilines is 1. The van der Waals surface area contributed by atoms with Crippen LogP contribution in [0.3, 0.4) is 0 Å². The maximum atomic E-state index is 12.9. The Bertz CT molecular complexity index is 1050. The quantitative estimate of drug-likeness (QED) is 0.575. The number of rotatable bonds is 5. The molecule has 0 atom stereocenters. The predicted octanol–water partition coefficient (Wildman–Crippen LogP) is 2.18. The summed E-state index contributed by atoms with van der Waals surface area (Å²) in [7, 11) is 0. The molecular formula is C20H16ClN3O5. The van der Waals surface area contributed by atoms with Crippen LogP contribution in [0.4, 0.5) is 10.5 Å². The third kappa shape index (κ3) is 4.44. The fourth-order valence-corrected chi connectivity index (χ4v) is 2.85. The van der Waals surface area contributed by atoms with Crippen molar-refractivity contribution in [2.24, 2.45) is 5.73 Å². The molecule has 3 rings (SSSR count). The smallest absolute Gasteiger partial charge is 0.335 e. The molecule has 1 fully saturated rings. The normalized spacial score (nSPS) is 15.4. The molecule has 5 amide bonds. The van der Waals surface area contributed by atoms with Crippen molar-refractivity contribution < 1.29 is 23.9 Å². The molecule has 3 N–H and O–H groups in total. The van der Waals surface area contributed by atoms with Crippen LogP contribution in [0.5, 0.6) is 5.75 Å². The van der Waals surface area contributed by atoms with E-state index in [-0.39, 0.29) is 17.9 Å². The predicted molar refractivity (Wildman–Crippen MR) is 106 cm³/mol. The number of halogens is 1. The molecule has 0 radical (unpaired) electrons. The van der Waals surface area contributed by atoms with E-state index in [1.165, 1.54) is 12.1 Å². The Hall–Kier alpha value is -3.65. The van der Waals surface area contributed by atoms with Crippen molar-refractivity contribution in [1.82, 2.24) is 5.32 Å². The number of hydrogen-bond acceptors (Lipinski definition) is 5. The van der Waals surface area contributed by atoms with Crippen molar-refractivity contribution >= 4 is 47.1 Å². The number of hydrogen-bond donors (Lipinski definition) is 2. The molecule has 0 unspecified atom stereocenters. The molecule has 2 aromatic rings. The fourth-order valence-electron chi connectivity index (χ4n) is 2.68. The van der Waals surface area contributed by atoms with Gasteiger partial charge in [0.2, 0.25) is 0 Å². The van der Waals surface area contributed by atoms with Crippen molar-refractivity contribution in [3.8, 4) is 5.75 Å². The van der Waals surface area contributed by atoms with Crippen molar-refractivity contribution in [2.75, 3.05) is 11.5 Å². The molecule has 0 aromatic heterocycles. The first kappa shape index (κ1) is 20.1. The van der Waals surface area contributed by atoms with E-state index in [4.69, 9.17) is 22.1 Å². The molecular weight excluding hydrogens is 398 g/mol. The number of carbonyl (C=O) groups excluding carboxylic acids is 4. The summed E-state index contributed by atoms with van der Waals surface area (Å²) in [6, 6.07) is 10.2. The highest BCUT2D eigenvalue weighted by molar-refractivity contribution is 6.39. The molecule has 2 aromatic carbocycles. The second kappa shape index (κ2) is 8.15. The third-order valence-corrected chi connectivity index (χ3v) is 4.32. The van der Waals surface area contributed by atoms with E-state index in [0.29, 0.717) is 21.9 Å². The second-order valence-electron chi connectivity index (χ2n) is 6.21.